The van der Waals surface area contributed by atoms with E-state index in [4.69, 9.17) is 16.3 Å². The van der Waals surface area contributed by atoms with E-state index < -0.39 is 5.82 Å². The van der Waals surface area contributed by atoms with Crippen LogP contribution in [0, 0.1) is 5.82 Å². The molecule has 0 atom stereocenters. The lowest BCUT2D eigenvalue weighted by atomic mass is 10.1. The van der Waals surface area contributed by atoms with Crippen molar-refractivity contribution in [1.29, 1.82) is 0 Å². The number of fused-ring (bicyclic) bond motifs is 1. The maximum Gasteiger partial charge on any atom is 0.251 e. The van der Waals surface area contributed by atoms with Crippen LogP contribution in [-0.4, -0.2) is 22.8 Å². The number of rotatable bonds is 6. The molecular formula is C23H19ClFN3O2. The van der Waals surface area contributed by atoms with Crippen LogP contribution in [0.4, 0.5) is 4.39 Å². The Labute approximate surface area is 178 Å². The van der Waals surface area contributed by atoms with Crippen LogP contribution in [-0.2, 0) is 13.1 Å². The smallest absolute Gasteiger partial charge is 0.251 e. The third kappa shape index (κ3) is 4.28. The van der Waals surface area contributed by atoms with Crippen molar-refractivity contribution in [2.75, 3.05) is 7.11 Å². The van der Waals surface area contributed by atoms with Gasteiger partial charge >= 0.3 is 0 Å². The van der Waals surface area contributed by atoms with Crippen molar-refractivity contribution in [3.63, 3.8) is 0 Å². The number of carbonyl (C=O) groups excluding carboxylic acids is 1. The molecule has 4 aromatic rings. The molecule has 1 N–H and O–H groups in total. The average Bonchev–Trinajstić information content (AvgIpc) is 3.15. The number of aromatic nitrogens is 2. The molecule has 4 rings (SSSR count). The highest BCUT2D eigenvalue weighted by Gasteiger charge is 2.11. The molecule has 0 bridgehead atoms. The van der Waals surface area contributed by atoms with E-state index >= 15 is 0 Å². The summed E-state index contributed by atoms with van der Waals surface area (Å²) >= 11 is 6.03. The first kappa shape index (κ1) is 19.9. The van der Waals surface area contributed by atoms with Gasteiger partial charge in [0, 0.05) is 22.5 Å². The lowest BCUT2D eigenvalue weighted by molar-refractivity contribution is 0.0951. The molecule has 0 saturated heterocycles. The second-order valence-corrected chi connectivity index (χ2v) is 7.25. The summed E-state index contributed by atoms with van der Waals surface area (Å²) in [5, 5.41) is 8.50. The molecule has 152 valence electrons. The number of hydrogen-bond acceptors (Lipinski definition) is 3. The summed E-state index contributed by atoms with van der Waals surface area (Å²) in [5.74, 6) is 0.125. The molecule has 3 aromatic carbocycles. The highest BCUT2D eigenvalue weighted by atomic mass is 35.5. The summed E-state index contributed by atoms with van der Waals surface area (Å²) in [6.45, 7) is 0.760. The summed E-state index contributed by atoms with van der Waals surface area (Å²) in [4.78, 5) is 12.6. The molecule has 0 radical (unpaired) electrons. The van der Waals surface area contributed by atoms with E-state index in [1.165, 1.54) is 12.1 Å². The van der Waals surface area contributed by atoms with Gasteiger partial charge in [0.25, 0.3) is 5.91 Å². The molecule has 0 saturated carbocycles. The molecule has 30 heavy (non-hydrogen) atoms. The van der Waals surface area contributed by atoms with Gasteiger partial charge < -0.3 is 10.1 Å². The number of nitrogens with zero attached hydrogens (tertiary/aromatic N) is 2. The van der Waals surface area contributed by atoms with Crippen LogP contribution in [0.2, 0.25) is 5.02 Å². The van der Waals surface area contributed by atoms with Gasteiger partial charge in [0.2, 0.25) is 0 Å². The summed E-state index contributed by atoms with van der Waals surface area (Å²) < 4.78 is 20.3. The van der Waals surface area contributed by atoms with Crippen molar-refractivity contribution >= 4 is 28.4 Å². The molecule has 0 aliphatic carbocycles. The van der Waals surface area contributed by atoms with Crippen LogP contribution in [0.3, 0.4) is 0 Å². The van der Waals surface area contributed by atoms with Gasteiger partial charge in [-0.05, 0) is 47.5 Å². The van der Waals surface area contributed by atoms with Gasteiger partial charge in [0.05, 0.1) is 25.4 Å². The lowest BCUT2D eigenvalue weighted by Crippen LogP contribution is -2.23. The van der Waals surface area contributed by atoms with E-state index in [0.29, 0.717) is 17.7 Å². The number of amides is 1. The van der Waals surface area contributed by atoms with Gasteiger partial charge in [-0.1, -0.05) is 35.9 Å². The summed E-state index contributed by atoms with van der Waals surface area (Å²) in [5.41, 5.74) is 3.05. The van der Waals surface area contributed by atoms with Crippen molar-refractivity contribution in [2.24, 2.45) is 0 Å². The SMILES string of the molecule is COc1cccc(Cn2ncc3ccc(C(=O)NCc4ccc(F)cc4Cl)cc32)c1. The van der Waals surface area contributed by atoms with Crippen LogP contribution in [0.1, 0.15) is 21.5 Å². The summed E-state index contributed by atoms with van der Waals surface area (Å²) in [6, 6.07) is 17.3. The fourth-order valence-electron chi connectivity index (χ4n) is 3.22. The van der Waals surface area contributed by atoms with Crippen LogP contribution in [0.15, 0.2) is 66.9 Å². The molecule has 1 heterocycles. The van der Waals surface area contributed by atoms with E-state index in [0.717, 1.165) is 22.2 Å². The molecule has 7 heteroatoms. The van der Waals surface area contributed by atoms with Gasteiger partial charge in [0.1, 0.15) is 11.6 Å². The Morgan fingerprint density at radius 1 is 1.17 bits per heavy atom. The highest BCUT2D eigenvalue weighted by Crippen LogP contribution is 2.20. The van der Waals surface area contributed by atoms with E-state index in [2.05, 4.69) is 10.4 Å². The number of ether oxygens (including phenoxy) is 1. The first-order valence-electron chi connectivity index (χ1n) is 9.34. The topological polar surface area (TPSA) is 56.2 Å². The van der Waals surface area contributed by atoms with E-state index in [1.54, 1.807) is 25.4 Å². The average molecular weight is 424 g/mol. The third-order valence-electron chi connectivity index (χ3n) is 4.83. The Bertz CT molecular complexity index is 1220. The van der Waals surface area contributed by atoms with E-state index in [9.17, 15) is 9.18 Å². The van der Waals surface area contributed by atoms with Crippen molar-refractivity contribution in [3.8, 4) is 5.75 Å². The minimum atomic E-state index is -0.412. The molecule has 0 unspecified atom stereocenters. The fourth-order valence-corrected chi connectivity index (χ4v) is 3.46. The standard InChI is InChI=1S/C23H19ClFN3O2/c1-30-20-4-2-3-15(9-20)14-28-22-10-16(5-6-18(22)13-27-28)23(29)26-12-17-7-8-19(25)11-21(17)24/h2-11,13H,12,14H2,1H3,(H,26,29). The minimum Gasteiger partial charge on any atom is -0.497 e. The second-order valence-electron chi connectivity index (χ2n) is 6.85. The highest BCUT2D eigenvalue weighted by molar-refractivity contribution is 6.31. The van der Waals surface area contributed by atoms with Crippen LogP contribution >= 0.6 is 11.6 Å². The van der Waals surface area contributed by atoms with Gasteiger partial charge in [-0.3, -0.25) is 9.48 Å². The quantitative estimate of drug-likeness (QED) is 0.484. The monoisotopic (exact) mass is 423 g/mol. The number of halogens is 2. The zero-order chi connectivity index (χ0) is 21.1. The molecule has 5 nitrogen and oxygen atoms in total. The third-order valence-corrected chi connectivity index (χ3v) is 5.18. The molecule has 0 aliphatic heterocycles. The van der Waals surface area contributed by atoms with Crippen LogP contribution in [0.25, 0.3) is 10.9 Å². The number of hydrogen-bond donors (Lipinski definition) is 1. The fraction of sp³-hybridized carbons (Fsp3) is 0.130. The van der Waals surface area contributed by atoms with Gasteiger partial charge in [-0.2, -0.15) is 5.10 Å². The Morgan fingerprint density at radius 3 is 2.83 bits per heavy atom. The number of methoxy groups -OCH3 is 1. The first-order chi connectivity index (χ1) is 14.5. The van der Waals surface area contributed by atoms with E-state index in [1.807, 2.05) is 41.1 Å². The molecule has 0 spiro atoms. The molecule has 0 fully saturated rings. The molecule has 0 aliphatic rings. The van der Waals surface area contributed by atoms with Gasteiger partial charge in [-0.15, -0.1) is 0 Å². The second kappa shape index (κ2) is 8.55. The number of carbonyl (C=O) groups is 1. The number of benzene rings is 3. The largest absolute Gasteiger partial charge is 0.497 e. The number of nitrogens with one attached hydrogen (secondary N) is 1. The summed E-state index contributed by atoms with van der Waals surface area (Å²) in [7, 11) is 1.63. The predicted molar refractivity (Wildman–Crippen MR) is 114 cm³/mol. The molecule has 1 aromatic heterocycles. The maximum absolute atomic E-state index is 13.2. The predicted octanol–water partition coefficient (Wildman–Crippen LogP) is 4.82. The minimum absolute atomic E-state index is 0.207. The maximum atomic E-state index is 13.2. The molecule has 1 amide bonds. The van der Waals surface area contributed by atoms with Crippen molar-refractivity contribution in [2.45, 2.75) is 13.1 Å². The first-order valence-corrected chi connectivity index (χ1v) is 9.72. The van der Waals surface area contributed by atoms with Gasteiger partial charge in [0.15, 0.2) is 0 Å². The zero-order valence-corrected chi connectivity index (χ0v) is 17.0. The Hall–Kier alpha value is -3.38. The summed E-state index contributed by atoms with van der Waals surface area (Å²) in [6.07, 6.45) is 1.77. The van der Waals surface area contributed by atoms with E-state index in [-0.39, 0.29) is 17.5 Å². The normalized spacial score (nSPS) is 10.9. The Balaban J connectivity index is 1.53. The molecular weight excluding hydrogens is 405 g/mol. The lowest BCUT2D eigenvalue weighted by Gasteiger charge is -2.09. The Morgan fingerprint density at radius 2 is 2.03 bits per heavy atom. The van der Waals surface area contributed by atoms with Crippen LogP contribution < -0.4 is 10.1 Å². The Kier molecular flexibility index (Phi) is 5.68. The van der Waals surface area contributed by atoms with Gasteiger partial charge in [-0.25, -0.2) is 4.39 Å². The van der Waals surface area contributed by atoms with Crippen molar-refractivity contribution in [1.82, 2.24) is 15.1 Å². The van der Waals surface area contributed by atoms with Crippen LogP contribution in [0.5, 0.6) is 5.75 Å². The van der Waals surface area contributed by atoms with Crippen molar-refractivity contribution < 1.29 is 13.9 Å². The van der Waals surface area contributed by atoms with Crippen molar-refractivity contribution in [3.05, 3.63) is 94.4 Å². The zero-order valence-electron chi connectivity index (χ0n) is 16.2.